The van der Waals surface area contributed by atoms with Crippen LogP contribution >= 0.6 is 23.2 Å². The van der Waals surface area contributed by atoms with E-state index in [2.05, 4.69) is 10.9 Å². The summed E-state index contributed by atoms with van der Waals surface area (Å²) < 4.78 is -1.05. The highest BCUT2D eigenvalue weighted by atomic mass is 35.5. The summed E-state index contributed by atoms with van der Waals surface area (Å²) in [7, 11) is 0. The van der Waals surface area contributed by atoms with E-state index in [1.807, 2.05) is 19.1 Å². The molecule has 1 atom stereocenters. The second-order valence-corrected chi connectivity index (χ2v) is 6.42. The van der Waals surface area contributed by atoms with E-state index in [1.165, 1.54) is 0 Å². The smallest absolute Gasteiger partial charge is 0.269 e. The summed E-state index contributed by atoms with van der Waals surface area (Å²) in [5.74, 6) is -0.759. The van der Waals surface area contributed by atoms with Crippen molar-refractivity contribution in [2.45, 2.75) is 24.6 Å². The Bertz CT molecular complexity index is 545. The molecule has 2 rings (SSSR count). The van der Waals surface area contributed by atoms with Gasteiger partial charge in [0.25, 0.3) is 5.91 Å². The molecule has 2 N–H and O–H groups in total. The molecule has 0 heterocycles. The van der Waals surface area contributed by atoms with Gasteiger partial charge in [-0.05, 0) is 31.9 Å². The Hall–Kier alpha value is -1.26. The Balaban J connectivity index is 1.96. The lowest BCUT2D eigenvalue weighted by Gasteiger charge is -2.14. The lowest BCUT2D eigenvalue weighted by atomic mass is 10.1. The molecule has 1 aromatic rings. The number of aryl methyl sites for hydroxylation is 1. The SMILES string of the molecule is Cc1ccccc1C(=O)NNC(=O)[C@]1(C)CC1(Cl)Cl. The molecule has 0 spiro atoms. The second-order valence-electron chi connectivity index (χ2n) is 4.94. The largest absolute Gasteiger partial charge is 0.273 e. The first-order valence-electron chi connectivity index (χ1n) is 5.82. The van der Waals surface area contributed by atoms with Crippen LogP contribution in [0.4, 0.5) is 0 Å². The van der Waals surface area contributed by atoms with Crippen molar-refractivity contribution in [3.05, 3.63) is 35.4 Å². The van der Waals surface area contributed by atoms with E-state index in [9.17, 15) is 9.59 Å². The number of nitrogens with one attached hydrogen (secondary N) is 2. The van der Waals surface area contributed by atoms with Crippen LogP contribution in [-0.2, 0) is 4.79 Å². The van der Waals surface area contributed by atoms with Crippen molar-refractivity contribution in [3.63, 3.8) is 0 Å². The molecule has 6 heteroatoms. The fourth-order valence-corrected chi connectivity index (χ4v) is 2.50. The first-order valence-corrected chi connectivity index (χ1v) is 6.58. The monoisotopic (exact) mass is 300 g/mol. The predicted octanol–water partition coefficient (Wildman–Crippen LogP) is 2.34. The number of carbonyl (C=O) groups excluding carboxylic acids is 2. The van der Waals surface area contributed by atoms with Crippen LogP contribution in [0.1, 0.15) is 29.3 Å². The van der Waals surface area contributed by atoms with Gasteiger partial charge in [0.2, 0.25) is 5.91 Å². The predicted molar refractivity (Wildman–Crippen MR) is 73.9 cm³/mol. The molecule has 19 heavy (non-hydrogen) atoms. The van der Waals surface area contributed by atoms with Crippen LogP contribution < -0.4 is 10.9 Å². The van der Waals surface area contributed by atoms with Gasteiger partial charge in [0.05, 0.1) is 5.41 Å². The average Bonchev–Trinajstić information content (AvgIpc) is 2.87. The number of halogens is 2. The number of rotatable bonds is 2. The minimum atomic E-state index is -1.05. The Morgan fingerprint density at radius 2 is 1.79 bits per heavy atom. The summed E-state index contributed by atoms with van der Waals surface area (Å²) in [5.41, 5.74) is 5.21. The molecule has 4 nitrogen and oxygen atoms in total. The van der Waals surface area contributed by atoms with E-state index in [0.717, 1.165) is 5.56 Å². The highest BCUT2D eigenvalue weighted by Gasteiger charge is 2.68. The minimum absolute atomic E-state index is 0.370. The third-order valence-corrected chi connectivity index (χ3v) is 4.54. The maximum atomic E-state index is 11.9. The molecule has 0 bridgehead atoms. The summed E-state index contributed by atoms with van der Waals surface area (Å²) in [6.45, 7) is 3.48. The molecular weight excluding hydrogens is 287 g/mol. The molecule has 1 aliphatic rings. The summed E-state index contributed by atoms with van der Waals surface area (Å²) >= 11 is 11.8. The Morgan fingerprint density at radius 1 is 1.21 bits per heavy atom. The first-order chi connectivity index (χ1) is 8.78. The lowest BCUT2D eigenvalue weighted by Crippen LogP contribution is -2.46. The van der Waals surface area contributed by atoms with Gasteiger partial charge in [0, 0.05) is 5.56 Å². The third-order valence-electron chi connectivity index (χ3n) is 3.44. The molecule has 1 fully saturated rings. The Kier molecular flexibility index (Phi) is 3.49. The van der Waals surface area contributed by atoms with Gasteiger partial charge < -0.3 is 0 Å². The number of amides is 2. The molecule has 1 aromatic carbocycles. The van der Waals surface area contributed by atoms with Gasteiger partial charge in [-0.3, -0.25) is 20.4 Å². The van der Waals surface area contributed by atoms with Crippen LogP contribution in [0.3, 0.4) is 0 Å². The zero-order valence-corrected chi connectivity index (χ0v) is 12.1. The minimum Gasteiger partial charge on any atom is -0.273 e. The molecule has 1 aliphatic carbocycles. The molecule has 0 aromatic heterocycles. The van der Waals surface area contributed by atoms with Crippen LogP contribution in [0.15, 0.2) is 24.3 Å². The van der Waals surface area contributed by atoms with Crippen molar-refractivity contribution in [2.75, 3.05) is 0 Å². The molecular formula is C13H14Cl2N2O2. The fraction of sp³-hybridized carbons (Fsp3) is 0.385. The van der Waals surface area contributed by atoms with Crippen LogP contribution in [-0.4, -0.2) is 16.1 Å². The molecule has 0 unspecified atom stereocenters. The van der Waals surface area contributed by atoms with E-state index in [1.54, 1.807) is 19.1 Å². The van der Waals surface area contributed by atoms with Crippen molar-refractivity contribution < 1.29 is 9.59 Å². The van der Waals surface area contributed by atoms with E-state index in [-0.39, 0.29) is 11.8 Å². The zero-order chi connectivity index (χ0) is 14.3. The van der Waals surface area contributed by atoms with Gasteiger partial charge >= 0.3 is 0 Å². The van der Waals surface area contributed by atoms with Gasteiger partial charge in [0.1, 0.15) is 4.33 Å². The van der Waals surface area contributed by atoms with E-state index in [4.69, 9.17) is 23.2 Å². The number of carbonyl (C=O) groups is 2. The summed E-state index contributed by atoms with van der Waals surface area (Å²) in [4.78, 5) is 23.8. The van der Waals surface area contributed by atoms with Gasteiger partial charge in [-0.15, -0.1) is 23.2 Å². The van der Waals surface area contributed by atoms with E-state index in [0.29, 0.717) is 12.0 Å². The average molecular weight is 301 g/mol. The van der Waals surface area contributed by atoms with Gasteiger partial charge in [-0.1, -0.05) is 18.2 Å². The van der Waals surface area contributed by atoms with Crippen molar-refractivity contribution in [1.82, 2.24) is 10.9 Å². The van der Waals surface area contributed by atoms with Crippen LogP contribution in [0.5, 0.6) is 0 Å². The number of hydrogen-bond donors (Lipinski definition) is 2. The third kappa shape index (κ3) is 2.55. The lowest BCUT2D eigenvalue weighted by molar-refractivity contribution is -0.126. The van der Waals surface area contributed by atoms with Gasteiger partial charge in [-0.25, -0.2) is 0 Å². The Labute approximate surface area is 121 Å². The maximum absolute atomic E-state index is 11.9. The van der Waals surface area contributed by atoms with Crippen LogP contribution in [0.2, 0.25) is 0 Å². The molecule has 0 saturated heterocycles. The van der Waals surface area contributed by atoms with Gasteiger partial charge in [0.15, 0.2) is 0 Å². The Morgan fingerprint density at radius 3 is 2.32 bits per heavy atom. The highest BCUT2D eigenvalue weighted by molar-refractivity contribution is 6.53. The van der Waals surface area contributed by atoms with E-state index >= 15 is 0 Å². The highest BCUT2D eigenvalue weighted by Crippen LogP contribution is 2.63. The second kappa shape index (κ2) is 4.69. The number of hydrazine groups is 1. The number of hydrogen-bond acceptors (Lipinski definition) is 2. The number of benzene rings is 1. The van der Waals surface area contributed by atoms with Crippen LogP contribution in [0.25, 0.3) is 0 Å². The normalized spacial score (nSPS) is 23.6. The molecule has 0 aliphatic heterocycles. The summed E-state index contributed by atoms with van der Waals surface area (Å²) in [6.07, 6.45) is 0.370. The maximum Gasteiger partial charge on any atom is 0.269 e. The summed E-state index contributed by atoms with van der Waals surface area (Å²) in [5, 5.41) is 0. The first kappa shape index (κ1) is 14.2. The van der Waals surface area contributed by atoms with Crippen molar-refractivity contribution in [1.29, 1.82) is 0 Å². The van der Waals surface area contributed by atoms with Crippen molar-refractivity contribution in [3.8, 4) is 0 Å². The quantitative estimate of drug-likeness (QED) is 0.650. The zero-order valence-electron chi connectivity index (χ0n) is 10.6. The molecule has 2 amide bonds. The van der Waals surface area contributed by atoms with Crippen LogP contribution in [0, 0.1) is 12.3 Å². The van der Waals surface area contributed by atoms with Gasteiger partial charge in [-0.2, -0.15) is 0 Å². The van der Waals surface area contributed by atoms with E-state index < -0.39 is 9.75 Å². The fourth-order valence-electron chi connectivity index (χ4n) is 1.79. The topological polar surface area (TPSA) is 58.2 Å². The molecule has 0 radical (unpaired) electrons. The van der Waals surface area contributed by atoms with Crippen molar-refractivity contribution in [2.24, 2.45) is 5.41 Å². The van der Waals surface area contributed by atoms with Crippen molar-refractivity contribution >= 4 is 35.0 Å². The molecule has 1 saturated carbocycles. The molecule has 102 valence electrons. The standard InChI is InChI=1S/C13H14Cl2N2O2/c1-8-5-3-4-6-9(8)10(18)16-17-11(19)12(2)7-13(12,14)15/h3-6H,7H2,1-2H3,(H,16,18)(H,17,19)/t12-/m0/s1. The summed E-state index contributed by atoms with van der Waals surface area (Å²) in [6, 6.07) is 7.10. The number of alkyl halides is 2.